The zero-order valence-electron chi connectivity index (χ0n) is 22.3. The van der Waals surface area contributed by atoms with E-state index >= 15 is 0 Å². The second-order valence-electron chi connectivity index (χ2n) is 9.51. The quantitative estimate of drug-likeness (QED) is 0.269. The average Bonchev–Trinajstić information content (AvgIpc) is 3.45. The van der Waals surface area contributed by atoms with Crippen LogP contribution in [0.4, 0.5) is 5.69 Å². The number of amides is 1. The minimum atomic E-state index is -0.0902. The van der Waals surface area contributed by atoms with E-state index in [1.807, 2.05) is 89.8 Å². The zero-order chi connectivity index (χ0) is 27.6. The third-order valence-corrected chi connectivity index (χ3v) is 7.42. The summed E-state index contributed by atoms with van der Waals surface area (Å²) in [4.78, 5) is 23.0. The van der Waals surface area contributed by atoms with E-state index in [9.17, 15) is 4.79 Å². The highest BCUT2D eigenvalue weighted by Gasteiger charge is 2.27. The standard InChI is InChI=1S/C31H28ClN5O3/c1-39-24-13-9-21(10-14-24)25-19-28(37-30(33-25)20-26(34-37)22-7-11-23(32)12-8-22)31(38)36-17-15-35(16-18-36)27-5-3-4-6-29(27)40-2/h3-14,19-20H,15-18H2,1-2H3. The summed E-state index contributed by atoms with van der Waals surface area (Å²) >= 11 is 6.10. The van der Waals surface area contributed by atoms with E-state index in [4.69, 9.17) is 31.2 Å². The zero-order valence-corrected chi connectivity index (χ0v) is 23.0. The van der Waals surface area contributed by atoms with Crippen molar-refractivity contribution >= 4 is 28.8 Å². The van der Waals surface area contributed by atoms with Crippen molar-refractivity contribution in [1.29, 1.82) is 0 Å². The Morgan fingerprint density at radius 1 is 0.800 bits per heavy atom. The molecule has 40 heavy (non-hydrogen) atoms. The van der Waals surface area contributed by atoms with Crippen molar-refractivity contribution in [1.82, 2.24) is 19.5 Å². The van der Waals surface area contributed by atoms with Crippen LogP contribution in [0.5, 0.6) is 11.5 Å². The topological polar surface area (TPSA) is 72.2 Å². The summed E-state index contributed by atoms with van der Waals surface area (Å²) in [5, 5.41) is 5.44. The summed E-state index contributed by atoms with van der Waals surface area (Å²) in [5.41, 5.74) is 5.26. The largest absolute Gasteiger partial charge is 0.497 e. The van der Waals surface area contributed by atoms with Crippen LogP contribution in [0.1, 0.15) is 10.5 Å². The molecule has 0 bridgehead atoms. The SMILES string of the molecule is COc1ccc(-c2cc(C(=O)N3CCN(c4ccccc4OC)CC3)n3nc(-c4ccc(Cl)cc4)cc3n2)cc1. The summed E-state index contributed by atoms with van der Waals surface area (Å²) < 4.78 is 12.5. The summed E-state index contributed by atoms with van der Waals surface area (Å²) in [6.45, 7) is 2.54. The Hall–Kier alpha value is -4.56. The summed E-state index contributed by atoms with van der Waals surface area (Å²) in [6, 6.07) is 26.8. The lowest BCUT2D eigenvalue weighted by Crippen LogP contribution is -2.49. The fraction of sp³-hybridized carbons (Fsp3) is 0.194. The van der Waals surface area contributed by atoms with Crippen molar-refractivity contribution in [2.24, 2.45) is 0 Å². The fourth-order valence-electron chi connectivity index (χ4n) is 5.00. The van der Waals surface area contributed by atoms with Crippen molar-refractivity contribution in [2.45, 2.75) is 0 Å². The average molecular weight is 554 g/mol. The second kappa shape index (κ2) is 10.9. The maximum absolute atomic E-state index is 14.0. The van der Waals surface area contributed by atoms with Crippen LogP contribution in [-0.2, 0) is 0 Å². The number of aromatic nitrogens is 3. The molecule has 0 spiro atoms. The molecule has 0 saturated carbocycles. The van der Waals surface area contributed by atoms with Crippen molar-refractivity contribution in [2.75, 3.05) is 45.3 Å². The normalized spacial score (nSPS) is 13.5. The van der Waals surface area contributed by atoms with Crippen LogP contribution >= 0.6 is 11.6 Å². The fourth-order valence-corrected chi connectivity index (χ4v) is 5.13. The molecule has 0 aliphatic carbocycles. The van der Waals surface area contributed by atoms with Gasteiger partial charge in [0, 0.05) is 48.4 Å². The minimum Gasteiger partial charge on any atom is -0.497 e. The van der Waals surface area contributed by atoms with Crippen LogP contribution in [0.3, 0.4) is 0 Å². The van der Waals surface area contributed by atoms with E-state index in [1.165, 1.54) is 0 Å². The van der Waals surface area contributed by atoms with Crippen LogP contribution in [0, 0.1) is 0 Å². The molecule has 1 amide bonds. The van der Waals surface area contributed by atoms with Gasteiger partial charge in [-0.1, -0.05) is 35.9 Å². The number of benzene rings is 3. The molecule has 0 radical (unpaired) electrons. The van der Waals surface area contributed by atoms with E-state index in [-0.39, 0.29) is 5.91 Å². The number of fused-ring (bicyclic) bond motifs is 1. The molecule has 3 aromatic carbocycles. The molecule has 1 aliphatic rings. The molecule has 9 heteroatoms. The number of anilines is 1. The van der Waals surface area contributed by atoms with E-state index < -0.39 is 0 Å². The lowest BCUT2D eigenvalue weighted by atomic mass is 10.1. The molecule has 1 saturated heterocycles. The van der Waals surface area contributed by atoms with E-state index in [1.54, 1.807) is 18.7 Å². The van der Waals surface area contributed by atoms with Gasteiger partial charge in [-0.15, -0.1) is 0 Å². The van der Waals surface area contributed by atoms with Crippen molar-refractivity contribution < 1.29 is 14.3 Å². The second-order valence-corrected chi connectivity index (χ2v) is 9.95. The summed E-state index contributed by atoms with van der Waals surface area (Å²) in [6.07, 6.45) is 0. The molecule has 202 valence electrons. The Labute approximate surface area is 237 Å². The van der Waals surface area contributed by atoms with E-state index in [0.29, 0.717) is 53.9 Å². The van der Waals surface area contributed by atoms with Gasteiger partial charge >= 0.3 is 0 Å². The number of piperazine rings is 1. The first-order chi connectivity index (χ1) is 19.5. The van der Waals surface area contributed by atoms with Gasteiger partial charge in [-0.3, -0.25) is 4.79 Å². The third-order valence-electron chi connectivity index (χ3n) is 7.16. The predicted octanol–water partition coefficient (Wildman–Crippen LogP) is 5.70. The first-order valence-corrected chi connectivity index (χ1v) is 13.4. The highest BCUT2D eigenvalue weighted by molar-refractivity contribution is 6.30. The summed E-state index contributed by atoms with van der Waals surface area (Å²) in [5.74, 6) is 1.49. The number of hydrogen-bond acceptors (Lipinski definition) is 6. The number of ether oxygens (including phenoxy) is 2. The Morgan fingerprint density at radius 3 is 2.17 bits per heavy atom. The van der Waals surface area contributed by atoms with Crippen LogP contribution < -0.4 is 14.4 Å². The Bertz CT molecular complexity index is 1660. The number of carbonyl (C=O) groups excluding carboxylic acids is 1. The molecule has 6 rings (SSSR count). The van der Waals surface area contributed by atoms with Gasteiger partial charge in [0.2, 0.25) is 0 Å². The number of nitrogens with zero attached hydrogens (tertiary/aromatic N) is 5. The van der Waals surface area contributed by atoms with Gasteiger partial charge in [0.1, 0.15) is 17.2 Å². The van der Waals surface area contributed by atoms with Crippen LogP contribution in [0.15, 0.2) is 84.9 Å². The lowest BCUT2D eigenvalue weighted by Gasteiger charge is -2.36. The predicted molar refractivity (Wildman–Crippen MR) is 157 cm³/mol. The molecule has 0 atom stereocenters. The van der Waals surface area contributed by atoms with Gasteiger partial charge in [-0.05, 0) is 54.6 Å². The van der Waals surface area contributed by atoms with Gasteiger partial charge < -0.3 is 19.3 Å². The number of carbonyl (C=O) groups is 1. The van der Waals surface area contributed by atoms with Crippen LogP contribution in [0.2, 0.25) is 5.02 Å². The number of halogens is 1. The Morgan fingerprint density at radius 2 is 1.48 bits per heavy atom. The van der Waals surface area contributed by atoms with Gasteiger partial charge in [-0.2, -0.15) is 5.10 Å². The molecule has 8 nitrogen and oxygen atoms in total. The number of para-hydroxylation sites is 2. The van der Waals surface area contributed by atoms with Gasteiger partial charge in [-0.25, -0.2) is 9.50 Å². The number of rotatable bonds is 6. The third kappa shape index (κ3) is 4.94. The molecule has 3 heterocycles. The Kier molecular flexibility index (Phi) is 7.00. The van der Waals surface area contributed by atoms with Crippen molar-refractivity contribution in [3.8, 4) is 34.0 Å². The maximum atomic E-state index is 14.0. The smallest absolute Gasteiger partial charge is 0.272 e. The van der Waals surface area contributed by atoms with Crippen molar-refractivity contribution in [3.63, 3.8) is 0 Å². The molecule has 5 aromatic rings. The van der Waals surface area contributed by atoms with Gasteiger partial charge in [0.25, 0.3) is 5.91 Å². The van der Waals surface area contributed by atoms with E-state index in [0.717, 1.165) is 28.3 Å². The highest BCUT2D eigenvalue weighted by Crippen LogP contribution is 2.30. The molecule has 2 aromatic heterocycles. The first-order valence-electron chi connectivity index (χ1n) is 13.0. The Balaban J connectivity index is 1.35. The number of hydrogen-bond donors (Lipinski definition) is 0. The van der Waals surface area contributed by atoms with Crippen LogP contribution in [-0.4, -0.2) is 65.8 Å². The van der Waals surface area contributed by atoms with Gasteiger partial charge in [0.05, 0.1) is 31.3 Å². The van der Waals surface area contributed by atoms with Crippen LogP contribution in [0.25, 0.3) is 28.2 Å². The molecular weight excluding hydrogens is 526 g/mol. The minimum absolute atomic E-state index is 0.0902. The van der Waals surface area contributed by atoms with E-state index in [2.05, 4.69) is 4.90 Å². The monoisotopic (exact) mass is 553 g/mol. The molecule has 1 fully saturated rings. The molecule has 0 N–H and O–H groups in total. The maximum Gasteiger partial charge on any atom is 0.272 e. The lowest BCUT2D eigenvalue weighted by molar-refractivity contribution is 0.0738. The van der Waals surface area contributed by atoms with Crippen molar-refractivity contribution in [3.05, 3.63) is 95.6 Å². The number of methoxy groups -OCH3 is 2. The molecular formula is C31H28ClN5O3. The van der Waals surface area contributed by atoms with Gasteiger partial charge in [0.15, 0.2) is 5.65 Å². The highest BCUT2D eigenvalue weighted by atomic mass is 35.5. The summed E-state index contributed by atoms with van der Waals surface area (Å²) in [7, 11) is 3.31. The molecule has 1 aliphatic heterocycles. The first kappa shape index (κ1) is 25.7. The molecule has 0 unspecified atom stereocenters.